The number of carbonyl (C=O) groups is 3. The summed E-state index contributed by atoms with van der Waals surface area (Å²) in [5.74, 6) is -2.75. The number of thioether (sulfide) groups is 1. The highest BCUT2D eigenvalue weighted by molar-refractivity contribution is 8.04. The molecule has 4 atom stereocenters. The standard InChI is InChI=1S/C22H23N3O5S2/c1-10-4-6-13(7-5-10)8-23-19(27)14-9-31-22(24-14)32-18-11(2)16-15(12(3)26)20(28)25(16)17(18)21(29)30/h4-7,9,11-12,15-16,26H,8H2,1-3H3,(H,23,27)(H,29,30)/t11-,12-,15-,16-/m1/s1. The van der Waals surface area contributed by atoms with E-state index in [1.54, 1.807) is 12.3 Å². The number of thiazole rings is 1. The van der Waals surface area contributed by atoms with Crippen LogP contribution in [-0.4, -0.2) is 50.0 Å². The molecule has 2 aliphatic heterocycles. The second-order valence-corrected chi connectivity index (χ2v) is 10.2. The molecule has 0 aliphatic carbocycles. The molecule has 32 heavy (non-hydrogen) atoms. The van der Waals surface area contributed by atoms with Gasteiger partial charge >= 0.3 is 5.97 Å². The molecule has 3 heterocycles. The summed E-state index contributed by atoms with van der Waals surface area (Å²) in [5, 5.41) is 24.1. The number of rotatable bonds is 7. The third kappa shape index (κ3) is 3.94. The molecule has 8 nitrogen and oxygen atoms in total. The Morgan fingerprint density at radius 1 is 1.31 bits per heavy atom. The zero-order chi connectivity index (χ0) is 23.2. The minimum Gasteiger partial charge on any atom is -0.477 e. The molecule has 10 heteroatoms. The number of aryl methyl sites for hydroxylation is 1. The van der Waals surface area contributed by atoms with Gasteiger partial charge in [-0.1, -0.05) is 48.5 Å². The zero-order valence-electron chi connectivity index (χ0n) is 17.7. The van der Waals surface area contributed by atoms with E-state index in [0.29, 0.717) is 15.8 Å². The van der Waals surface area contributed by atoms with Gasteiger partial charge in [0.25, 0.3) is 5.91 Å². The Bertz CT molecular complexity index is 1110. The maximum absolute atomic E-state index is 12.5. The predicted molar refractivity (Wildman–Crippen MR) is 120 cm³/mol. The van der Waals surface area contributed by atoms with E-state index in [4.69, 9.17) is 0 Å². The number of hydrogen-bond donors (Lipinski definition) is 3. The summed E-state index contributed by atoms with van der Waals surface area (Å²) in [5.41, 5.74) is 2.32. The minimum absolute atomic E-state index is 0.0602. The fraction of sp³-hybridized carbons (Fsp3) is 0.364. The van der Waals surface area contributed by atoms with Crippen LogP contribution in [0.1, 0.15) is 35.5 Å². The van der Waals surface area contributed by atoms with E-state index in [9.17, 15) is 24.6 Å². The number of amides is 2. The first-order valence-electron chi connectivity index (χ1n) is 10.1. The number of hydrogen-bond acceptors (Lipinski definition) is 7. The van der Waals surface area contributed by atoms with Crippen molar-refractivity contribution in [1.82, 2.24) is 15.2 Å². The van der Waals surface area contributed by atoms with Gasteiger partial charge < -0.3 is 20.4 Å². The topological polar surface area (TPSA) is 120 Å². The maximum Gasteiger partial charge on any atom is 0.353 e. The molecular weight excluding hydrogens is 450 g/mol. The molecule has 168 valence electrons. The first kappa shape index (κ1) is 22.5. The number of aliphatic carboxylic acids is 1. The van der Waals surface area contributed by atoms with Gasteiger partial charge in [0.2, 0.25) is 5.91 Å². The summed E-state index contributed by atoms with van der Waals surface area (Å²) in [6, 6.07) is 7.47. The lowest BCUT2D eigenvalue weighted by atomic mass is 9.79. The Labute approximate surface area is 193 Å². The molecule has 1 saturated heterocycles. The van der Waals surface area contributed by atoms with Crippen molar-refractivity contribution in [2.24, 2.45) is 11.8 Å². The van der Waals surface area contributed by atoms with E-state index in [1.165, 1.54) is 16.2 Å². The van der Waals surface area contributed by atoms with Crippen molar-refractivity contribution in [1.29, 1.82) is 0 Å². The van der Waals surface area contributed by atoms with Gasteiger partial charge in [-0.15, -0.1) is 11.3 Å². The van der Waals surface area contributed by atoms with E-state index in [0.717, 1.165) is 22.9 Å². The molecule has 0 saturated carbocycles. The molecule has 3 N–H and O–H groups in total. The second kappa shape index (κ2) is 8.68. The fourth-order valence-corrected chi connectivity index (χ4v) is 6.21. The van der Waals surface area contributed by atoms with E-state index in [2.05, 4.69) is 10.3 Å². The number of aromatic nitrogens is 1. The first-order valence-corrected chi connectivity index (χ1v) is 11.8. The van der Waals surface area contributed by atoms with Gasteiger partial charge in [0, 0.05) is 22.7 Å². The molecule has 0 spiro atoms. The molecule has 0 bridgehead atoms. The molecular formula is C22H23N3O5S2. The van der Waals surface area contributed by atoms with Crippen LogP contribution in [0.25, 0.3) is 0 Å². The Morgan fingerprint density at radius 2 is 2.00 bits per heavy atom. The average Bonchev–Trinajstić information content (AvgIpc) is 3.29. The van der Waals surface area contributed by atoms with E-state index < -0.39 is 18.0 Å². The number of nitrogens with zero attached hydrogens (tertiary/aromatic N) is 2. The number of aliphatic hydroxyl groups is 1. The van der Waals surface area contributed by atoms with E-state index >= 15 is 0 Å². The smallest absolute Gasteiger partial charge is 0.353 e. The maximum atomic E-state index is 12.5. The molecule has 0 radical (unpaired) electrons. The van der Waals surface area contributed by atoms with Crippen molar-refractivity contribution in [3.8, 4) is 0 Å². The quantitative estimate of drug-likeness (QED) is 0.529. The highest BCUT2D eigenvalue weighted by Gasteiger charge is 2.60. The van der Waals surface area contributed by atoms with Gasteiger partial charge in [-0.25, -0.2) is 9.78 Å². The van der Waals surface area contributed by atoms with Gasteiger partial charge in [0.1, 0.15) is 11.4 Å². The van der Waals surface area contributed by atoms with Crippen molar-refractivity contribution in [3.63, 3.8) is 0 Å². The van der Waals surface area contributed by atoms with Gasteiger partial charge in [-0.3, -0.25) is 9.59 Å². The summed E-state index contributed by atoms with van der Waals surface area (Å²) >= 11 is 2.41. The molecule has 1 aromatic heterocycles. The molecule has 2 amide bonds. The predicted octanol–water partition coefficient (Wildman–Crippen LogP) is 2.63. The number of β-lactam (4-membered cyclic amide) rings is 1. The number of nitrogens with one attached hydrogen (secondary N) is 1. The van der Waals surface area contributed by atoms with Crippen molar-refractivity contribution < 1.29 is 24.6 Å². The molecule has 4 rings (SSSR count). The lowest BCUT2D eigenvalue weighted by Crippen LogP contribution is -2.63. The molecule has 2 aromatic rings. The fourth-order valence-electron chi connectivity index (χ4n) is 4.14. The van der Waals surface area contributed by atoms with Crippen LogP contribution >= 0.6 is 23.1 Å². The first-order chi connectivity index (χ1) is 15.2. The van der Waals surface area contributed by atoms with Crippen molar-refractivity contribution in [3.05, 3.63) is 57.1 Å². The number of fused-ring (bicyclic) bond motifs is 1. The number of aliphatic hydroxyl groups excluding tert-OH is 1. The number of carboxylic acid groups (broad SMARTS) is 1. The highest BCUT2D eigenvalue weighted by atomic mass is 32.2. The Balaban J connectivity index is 1.47. The second-order valence-electron chi connectivity index (χ2n) is 8.04. The van der Waals surface area contributed by atoms with Crippen LogP contribution in [0, 0.1) is 18.8 Å². The van der Waals surface area contributed by atoms with E-state index in [-0.39, 0.29) is 35.2 Å². The molecule has 2 aliphatic rings. The number of benzene rings is 1. The Kier molecular flexibility index (Phi) is 6.11. The number of carboxylic acids is 1. The van der Waals surface area contributed by atoms with Crippen LogP contribution in [0.4, 0.5) is 0 Å². The summed E-state index contributed by atoms with van der Waals surface area (Å²) in [4.78, 5) is 43.0. The lowest BCUT2D eigenvalue weighted by molar-refractivity contribution is -0.163. The lowest BCUT2D eigenvalue weighted by Gasteiger charge is -2.46. The summed E-state index contributed by atoms with van der Waals surface area (Å²) in [7, 11) is 0. The summed E-state index contributed by atoms with van der Waals surface area (Å²) in [6.45, 7) is 5.77. The molecule has 1 aromatic carbocycles. The average molecular weight is 474 g/mol. The third-order valence-corrected chi connectivity index (χ3v) is 8.02. The van der Waals surface area contributed by atoms with Crippen LogP contribution in [0.5, 0.6) is 0 Å². The van der Waals surface area contributed by atoms with Crippen LogP contribution < -0.4 is 5.32 Å². The van der Waals surface area contributed by atoms with Crippen LogP contribution in [-0.2, 0) is 16.1 Å². The monoisotopic (exact) mass is 473 g/mol. The van der Waals surface area contributed by atoms with Crippen LogP contribution in [0.15, 0.2) is 44.6 Å². The van der Waals surface area contributed by atoms with Gasteiger partial charge in [-0.2, -0.15) is 0 Å². The van der Waals surface area contributed by atoms with Gasteiger partial charge in [0.05, 0.1) is 18.1 Å². The normalized spacial score (nSPS) is 23.1. The molecule has 1 fully saturated rings. The van der Waals surface area contributed by atoms with Gasteiger partial charge in [-0.05, 0) is 19.4 Å². The van der Waals surface area contributed by atoms with Crippen LogP contribution in [0.3, 0.4) is 0 Å². The van der Waals surface area contributed by atoms with E-state index in [1.807, 2.05) is 38.1 Å². The largest absolute Gasteiger partial charge is 0.477 e. The van der Waals surface area contributed by atoms with Gasteiger partial charge in [0.15, 0.2) is 4.34 Å². The zero-order valence-corrected chi connectivity index (χ0v) is 19.4. The Morgan fingerprint density at radius 3 is 2.62 bits per heavy atom. The summed E-state index contributed by atoms with van der Waals surface area (Å²) < 4.78 is 0.523. The summed E-state index contributed by atoms with van der Waals surface area (Å²) in [6.07, 6.45) is -0.853. The SMILES string of the molecule is Cc1ccc(CNC(=O)c2csc(SC3=C(C(=O)O)N4C(=O)[C@H]([C@@H](C)O)[C@H]4[C@H]3C)n2)cc1. The Hall–Kier alpha value is -2.69. The third-order valence-electron chi connectivity index (χ3n) is 5.80. The minimum atomic E-state index is -1.19. The van der Waals surface area contributed by atoms with Crippen molar-refractivity contribution in [2.75, 3.05) is 0 Å². The highest BCUT2D eigenvalue weighted by Crippen LogP contribution is 2.52. The van der Waals surface area contributed by atoms with Crippen molar-refractivity contribution in [2.45, 2.75) is 43.8 Å². The molecule has 0 unspecified atom stereocenters. The van der Waals surface area contributed by atoms with Crippen molar-refractivity contribution >= 4 is 40.9 Å². The van der Waals surface area contributed by atoms with Crippen LogP contribution in [0.2, 0.25) is 0 Å². The number of carbonyl (C=O) groups excluding carboxylic acids is 2.